The second-order valence-corrected chi connectivity index (χ2v) is 9.13. The summed E-state index contributed by atoms with van der Waals surface area (Å²) in [5.74, 6) is 0.875. The summed E-state index contributed by atoms with van der Waals surface area (Å²) < 4.78 is 0. The molecule has 0 unspecified atom stereocenters. The van der Waals surface area contributed by atoms with Crippen molar-refractivity contribution in [2.45, 2.75) is 12.8 Å². The molecule has 0 bridgehead atoms. The van der Waals surface area contributed by atoms with Gasteiger partial charge in [-0.05, 0) is 55.3 Å². The van der Waals surface area contributed by atoms with Crippen molar-refractivity contribution >= 4 is 40.2 Å². The Morgan fingerprint density at radius 1 is 0.763 bits per heavy atom. The van der Waals surface area contributed by atoms with Gasteiger partial charge in [-0.25, -0.2) is 15.0 Å². The number of H-pyrrole nitrogens is 1. The Morgan fingerprint density at radius 2 is 1.45 bits per heavy atom. The van der Waals surface area contributed by atoms with Crippen molar-refractivity contribution in [3.8, 4) is 11.4 Å². The molecule has 0 spiro atoms. The maximum Gasteiger partial charge on any atom is 0.258 e. The van der Waals surface area contributed by atoms with Gasteiger partial charge < -0.3 is 20.5 Å². The molecular weight excluding hydrogens is 478 g/mol. The number of fused-ring (bicyclic) bond motifs is 1. The summed E-state index contributed by atoms with van der Waals surface area (Å²) in [6.45, 7) is 1.90. The largest absolute Gasteiger partial charge is 0.341 e. The zero-order valence-corrected chi connectivity index (χ0v) is 20.5. The van der Waals surface area contributed by atoms with Crippen LogP contribution in [0.5, 0.6) is 0 Å². The molecular formula is C29H25N7O2. The van der Waals surface area contributed by atoms with E-state index >= 15 is 0 Å². The van der Waals surface area contributed by atoms with Crippen LogP contribution in [0.1, 0.15) is 33.6 Å². The van der Waals surface area contributed by atoms with Crippen molar-refractivity contribution in [2.75, 3.05) is 28.6 Å². The predicted molar refractivity (Wildman–Crippen MR) is 147 cm³/mol. The lowest BCUT2D eigenvalue weighted by atomic mass is 10.1. The average molecular weight is 504 g/mol. The SMILES string of the molecule is O=C(Nc1ccccc1)c1ccc(-c2nc3cc(NC(=O)c4cnc(N5CCCC5)nc4)ccc3[nH]2)cc1. The number of nitrogens with one attached hydrogen (secondary N) is 3. The van der Waals surface area contributed by atoms with Crippen LogP contribution in [0.15, 0.2) is 85.2 Å². The van der Waals surface area contributed by atoms with Gasteiger partial charge in [0.25, 0.3) is 11.8 Å². The number of carbonyl (C=O) groups excluding carboxylic acids is 2. The number of hydrogen-bond acceptors (Lipinski definition) is 6. The molecule has 9 nitrogen and oxygen atoms in total. The first-order valence-electron chi connectivity index (χ1n) is 12.5. The highest BCUT2D eigenvalue weighted by molar-refractivity contribution is 6.05. The lowest BCUT2D eigenvalue weighted by Gasteiger charge is -2.14. The lowest BCUT2D eigenvalue weighted by molar-refractivity contribution is 0.101. The van der Waals surface area contributed by atoms with Crippen LogP contribution in [-0.4, -0.2) is 44.8 Å². The van der Waals surface area contributed by atoms with Gasteiger partial charge in [0.15, 0.2) is 0 Å². The fourth-order valence-electron chi connectivity index (χ4n) is 4.45. The Kier molecular flexibility index (Phi) is 6.23. The van der Waals surface area contributed by atoms with Crippen LogP contribution in [0.4, 0.5) is 17.3 Å². The molecule has 1 saturated heterocycles. The monoisotopic (exact) mass is 503 g/mol. The number of aromatic amines is 1. The Hall–Kier alpha value is -5.05. The minimum Gasteiger partial charge on any atom is -0.341 e. The second-order valence-electron chi connectivity index (χ2n) is 9.13. The number of benzene rings is 3. The van der Waals surface area contributed by atoms with E-state index in [0.29, 0.717) is 34.1 Å². The number of aromatic nitrogens is 4. The fraction of sp³-hybridized carbons (Fsp3) is 0.138. The van der Waals surface area contributed by atoms with Gasteiger partial charge >= 0.3 is 0 Å². The van der Waals surface area contributed by atoms with Gasteiger partial charge in [0.05, 0.1) is 16.6 Å². The molecule has 38 heavy (non-hydrogen) atoms. The Morgan fingerprint density at radius 3 is 2.18 bits per heavy atom. The number of anilines is 3. The van der Waals surface area contributed by atoms with Crippen LogP contribution in [0.3, 0.4) is 0 Å². The summed E-state index contributed by atoms with van der Waals surface area (Å²) >= 11 is 0. The zero-order chi connectivity index (χ0) is 25.9. The van der Waals surface area contributed by atoms with Gasteiger partial charge in [-0.2, -0.15) is 0 Å². The molecule has 0 saturated carbocycles. The van der Waals surface area contributed by atoms with Crippen LogP contribution in [0, 0.1) is 0 Å². The Labute approximate surface area is 219 Å². The number of nitrogens with zero attached hydrogens (tertiary/aromatic N) is 4. The number of imidazole rings is 1. The maximum atomic E-state index is 12.7. The number of hydrogen-bond donors (Lipinski definition) is 3. The molecule has 3 heterocycles. The molecule has 0 atom stereocenters. The van der Waals surface area contributed by atoms with E-state index in [1.807, 2.05) is 60.7 Å². The molecule has 188 valence electrons. The van der Waals surface area contributed by atoms with E-state index in [-0.39, 0.29) is 11.8 Å². The summed E-state index contributed by atoms with van der Waals surface area (Å²) in [5.41, 5.74) is 4.71. The number of rotatable bonds is 6. The van der Waals surface area contributed by atoms with E-state index < -0.39 is 0 Å². The number of carbonyl (C=O) groups is 2. The van der Waals surface area contributed by atoms with Crippen molar-refractivity contribution in [2.24, 2.45) is 0 Å². The fourth-order valence-corrected chi connectivity index (χ4v) is 4.45. The number of para-hydroxylation sites is 1. The molecule has 2 amide bonds. The van der Waals surface area contributed by atoms with Gasteiger partial charge in [-0.3, -0.25) is 9.59 Å². The molecule has 1 fully saturated rings. The lowest BCUT2D eigenvalue weighted by Crippen LogP contribution is -2.21. The van der Waals surface area contributed by atoms with E-state index in [1.165, 1.54) is 0 Å². The molecule has 2 aromatic heterocycles. The van der Waals surface area contributed by atoms with E-state index in [0.717, 1.165) is 42.7 Å². The molecule has 9 heteroatoms. The van der Waals surface area contributed by atoms with Crippen molar-refractivity contribution in [1.82, 2.24) is 19.9 Å². The summed E-state index contributed by atoms with van der Waals surface area (Å²) in [5, 5.41) is 5.78. The van der Waals surface area contributed by atoms with E-state index in [2.05, 4.69) is 35.5 Å². The van der Waals surface area contributed by atoms with Gasteiger partial charge in [-0.1, -0.05) is 30.3 Å². The molecule has 1 aliphatic heterocycles. The standard InChI is InChI=1S/C29H25N7O2/c37-27(32-22-6-2-1-3-7-22)20-10-8-19(9-11-20)26-34-24-13-12-23(16-25(24)35-26)33-28(38)21-17-30-29(31-18-21)36-14-4-5-15-36/h1-3,6-13,16-18H,4-5,14-15H2,(H,32,37)(H,33,38)(H,34,35). The van der Waals surface area contributed by atoms with E-state index in [1.54, 1.807) is 24.5 Å². The first kappa shape index (κ1) is 23.4. The molecule has 0 radical (unpaired) electrons. The Balaban J connectivity index is 1.14. The highest BCUT2D eigenvalue weighted by atomic mass is 16.2. The van der Waals surface area contributed by atoms with Gasteiger partial charge in [0, 0.05) is 48.0 Å². The summed E-state index contributed by atoms with van der Waals surface area (Å²) in [6.07, 6.45) is 5.40. The van der Waals surface area contributed by atoms with Crippen LogP contribution < -0.4 is 15.5 Å². The smallest absolute Gasteiger partial charge is 0.258 e. The van der Waals surface area contributed by atoms with Crippen molar-refractivity contribution < 1.29 is 9.59 Å². The predicted octanol–water partition coefficient (Wildman–Crippen LogP) is 5.12. The van der Waals surface area contributed by atoms with Crippen molar-refractivity contribution in [1.29, 1.82) is 0 Å². The van der Waals surface area contributed by atoms with Gasteiger partial charge in [0.2, 0.25) is 5.95 Å². The van der Waals surface area contributed by atoms with Crippen LogP contribution in [0.2, 0.25) is 0 Å². The molecule has 1 aliphatic rings. The summed E-state index contributed by atoms with van der Waals surface area (Å²) in [6, 6.07) is 22.1. The third-order valence-corrected chi connectivity index (χ3v) is 6.48. The Bertz CT molecular complexity index is 1590. The quantitative estimate of drug-likeness (QED) is 0.296. The highest BCUT2D eigenvalue weighted by Crippen LogP contribution is 2.24. The molecule has 3 aromatic carbocycles. The number of amides is 2. The minimum absolute atomic E-state index is 0.177. The van der Waals surface area contributed by atoms with E-state index in [4.69, 9.17) is 0 Å². The first-order chi connectivity index (χ1) is 18.6. The van der Waals surface area contributed by atoms with E-state index in [9.17, 15) is 9.59 Å². The molecule has 0 aliphatic carbocycles. The first-order valence-corrected chi connectivity index (χ1v) is 12.5. The average Bonchev–Trinajstić information content (AvgIpc) is 3.64. The maximum absolute atomic E-state index is 12.7. The van der Waals surface area contributed by atoms with Gasteiger partial charge in [-0.15, -0.1) is 0 Å². The summed E-state index contributed by atoms with van der Waals surface area (Å²) in [7, 11) is 0. The molecule has 5 aromatic rings. The highest BCUT2D eigenvalue weighted by Gasteiger charge is 2.16. The molecule has 3 N–H and O–H groups in total. The zero-order valence-electron chi connectivity index (χ0n) is 20.5. The van der Waals surface area contributed by atoms with Crippen LogP contribution in [0.25, 0.3) is 22.4 Å². The van der Waals surface area contributed by atoms with Crippen molar-refractivity contribution in [3.63, 3.8) is 0 Å². The molecule has 6 rings (SSSR count). The van der Waals surface area contributed by atoms with Gasteiger partial charge in [0.1, 0.15) is 5.82 Å². The minimum atomic E-state index is -0.280. The van der Waals surface area contributed by atoms with Crippen LogP contribution in [-0.2, 0) is 0 Å². The third kappa shape index (κ3) is 4.94. The normalized spacial score (nSPS) is 13.0. The third-order valence-electron chi connectivity index (χ3n) is 6.48. The summed E-state index contributed by atoms with van der Waals surface area (Å²) in [4.78, 5) is 44.1. The van der Waals surface area contributed by atoms with Crippen LogP contribution >= 0.6 is 0 Å². The second kappa shape index (κ2) is 10.1. The van der Waals surface area contributed by atoms with Crippen molar-refractivity contribution in [3.05, 3.63) is 96.3 Å². The topological polar surface area (TPSA) is 116 Å².